The number of thioether (sulfide) groups is 1. The van der Waals surface area contributed by atoms with Crippen molar-refractivity contribution >= 4 is 29.5 Å². The van der Waals surface area contributed by atoms with Crippen LogP contribution in [0.3, 0.4) is 0 Å². The van der Waals surface area contributed by atoms with Gasteiger partial charge in [-0.05, 0) is 42.4 Å². The molecule has 4 atom stereocenters. The lowest BCUT2D eigenvalue weighted by Gasteiger charge is -2.24. The second-order valence-electron chi connectivity index (χ2n) is 11.3. The largest absolute Gasteiger partial charge is 0.463 e. The summed E-state index contributed by atoms with van der Waals surface area (Å²) < 4.78 is 5.80. The molecule has 0 bridgehead atoms. The van der Waals surface area contributed by atoms with Gasteiger partial charge in [0, 0.05) is 17.9 Å². The van der Waals surface area contributed by atoms with Crippen molar-refractivity contribution < 1.29 is 24.2 Å². The molecule has 7 nitrogen and oxygen atoms in total. The lowest BCUT2D eigenvalue weighted by molar-refractivity contribution is -0.149. The van der Waals surface area contributed by atoms with E-state index in [0.29, 0.717) is 31.4 Å². The molecule has 0 saturated heterocycles. The minimum Gasteiger partial charge on any atom is -0.463 e. The van der Waals surface area contributed by atoms with Gasteiger partial charge in [0.05, 0.1) is 30.5 Å². The van der Waals surface area contributed by atoms with Crippen molar-refractivity contribution in [2.45, 2.75) is 49.9 Å². The number of hydrogen-bond donors (Lipinski definition) is 3. The maximum Gasteiger partial charge on any atom is 0.309 e. The third-order valence-corrected chi connectivity index (χ3v) is 8.65. The number of carbonyl (C=O) groups excluding carboxylic acids is 3. The van der Waals surface area contributed by atoms with Crippen molar-refractivity contribution in [1.82, 2.24) is 10.6 Å². The Hall–Kier alpha value is -4.14. The van der Waals surface area contributed by atoms with E-state index in [1.807, 2.05) is 91.0 Å². The SMILES string of the molecule is C=CC[C@H](CC(=O)N[C@H](CO)Cc1ccccc1)C(=O)N[C@H](COC(=O)[C@@H](CC=C)Cc1ccccc1)CSCc1ccccc1. The van der Waals surface area contributed by atoms with Crippen LogP contribution in [0.15, 0.2) is 116 Å². The highest BCUT2D eigenvalue weighted by Crippen LogP contribution is 2.18. The predicted octanol–water partition coefficient (Wildman–Crippen LogP) is 5.69. The Morgan fingerprint density at radius 3 is 1.85 bits per heavy atom. The Kier molecular flexibility index (Phi) is 16.4. The van der Waals surface area contributed by atoms with Crippen LogP contribution in [0.25, 0.3) is 0 Å². The van der Waals surface area contributed by atoms with Crippen molar-refractivity contribution in [3.63, 3.8) is 0 Å². The van der Waals surface area contributed by atoms with Crippen LogP contribution >= 0.6 is 11.8 Å². The quantitative estimate of drug-likeness (QED) is 0.102. The van der Waals surface area contributed by atoms with E-state index >= 15 is 0 Å². The van der Waals surface area contributed by atoms with Gasteiger partial charge in [0.2, 0.25) is 11.8 Å². The van der Waals surface area contributed by atoms with E-state index in [4.69, 9.17) is 4.74 Å². The van der Waals surface area contributed by atoms with Crippen LogP contribution in [0.4, 0.5) is 0 Å². The molecule has 0 aliphatic heterocycles. The first-order chi connectivity index (χ1) is 22.4. The van der Waals surface area contributed by atoms with Gasteiger partial charge in [-0.1, -0.05) is 103 Å². The second kappa shape index (κ2) is 20.8. The van der Waals surface area contributed by atoms with Gasteiger partial charge in [-0.25, -0.2) is 0 Å². The molecule has 2 amide bonds. The number of ether oxygens (including phenoxy) is 1. The maximum atomic E-state index is 13.5. The molecular weight excluding hydrogens is 596 g/mol. The summed E-state index contributed by atoms with van der Waals surface area (Å²) in [6.45, 7) is 7.38. The van der Waals surface area contributed by atoms with Crippen molar-refractivity contribution in [3.05, 3.63) is 133 Å². The second-order valence-corrected chi connectivity index (χ2v) is 12.3. The Balaban J connectivity index is 1.63. The van der Waals surface area contributed by atoms with Crippen LogP contribution in [-0.4, -0.2) is 53.9 Å². The smallest absolute Gasteiger partial charge is 0.309 e. The number of aliphatic hydroxyl groups excluding tert-OH is 1. The highest BCUT2D eigenvalue weighted by molar-refractivity contribution is 7.98. The van der Waals surface area contributed by atoms with E-state index in [9.17, 15) is 19.5 Å². The number of esters is 1. The van der Waals surface area contributed by atoms with Gasteiger partial charge in [-0.2, -0.15) is 11.8 Å². The fourth-order valence-corrected chi connectivity index (χ4v) is 6.07. The summed E-state index contributed by atoms with van der Waals surface area (Å²) in [4.78, 5) is 39.7. The summed E-state index contributed by atoms with van der Waals surface area (Å²) >= 11 is 1.63. The van der Waals surface area contributed by atoms with Gasteiger partial charge < -0.3 is 20.5 Å². The summed E-state index contributed by atoms with van der Waals surface area (Å²) in [5.41, 5.74) is 3.18. The average Bonchev–Trinajstić information content (AvgIpc) is 3.07. The van der Waals surface area contributed by atoms with E-state index in [1.54, 1.807) is 23.9 Å². The van der Waals surface area contributed by atoms with Crippen LogP contribution in [0, 0.1) is 11.8 Å². The topological polar surface area (TPSA) is 105 Å². The molecule has 3 rings (SSSR count). The molecule has 8 heteroatoms. The van der Waals surface area contributed by atoms with Crippen LogP contribution < -0.4 is 10.6 Å². The predicted molar refractivity (Wildman–Crippen MR) is 186 cm³/mol. The maximum absolute atomic E-state index is 13.5. The van der Waals surface area contributed by atoms with Crippen molar-refractivity contribution in [2.24, 2.45) is 11.8 Å². The van der Waals surface area contributed by atoms with Crippen molar-refractivity contribution in [3.8, 4) is 0 Å². The van der Waals surface area contributed by atoms with Crippen LogP contribution in [0.1, 0.15) is 36.0 Å². The minimum atomic E-state index is -0.669. The average molecular weight is 643 g/mol. The number of allylic oxidation sites excluding steroid dienone is 2. The molecule has 3 aromatic rings. The Labute approximate surface area is 277 Å². The third-order valence-electron chi connectivity index (χ3n) is 7.48. The molecule has 0 aromatic heterocycles. The summed E-state index contributed by atoms with van der Waals surface area (Å²) in [7, 11) is 0. The summed E-state index contributed by atoms with van der Waals surface area (Å²) in [6.07, 6.45) is 5.05. The molecule has 0 radical (unpaired) electrons. The van der Waals surface area contributed by atoms with E-state index < -0.39 is 18.0 Å². The molecule has 46 heavy (non-hydrogen) atoms. The summed E-state index contributed by atoms with van der Waals surface area (Å²) in [5.74, 6) is -0.796. The zero-order valence-corrected chi connectivity index (χ0v) is 27.2. The molecule has 244 valence electrons. The monoisotopic (exact) mass is 642 g/mol. The number of amides is 2. The lowest BCUT2D eigenvalue weighted by atomic mass is 9.96. The zero-order valence-electron chi connectivity index (χ0n) is 26.4. The molecule has 0 fully saturated rings. The summed E-state index contributed by atoms with van der Waals surface area (Å²) in [6, 6.07) is 28.4. The molecule has 0 aliphatic carbocycles. The molecule has 0 unspecified atom stereocenters. The van der Waals surface area contributed by atoms with Gasteiger partial charge in [0.25, 0.3) is 0 Å². The van der Waals surface area contributed by atoms with Gasteiger partial charge in [0.15, 0.2) is 0 Å². The van der Waals surface area contributed by atoms with Gasteiger partial charge in [-0.15, -0.1) is 13.2 Å². The third kappa shape index (κ3) is 13.5. The highest BCUT2D eigenvalue weighted by atomic mass is 32.2. The van der Waals surface area contributed by atoms with Crippen LogP contribution in [-0.2, 0) is 37.7 Å². The number of hydrogen-bond acceptors (Lipinski definition) is 6. The van der Waals surface area contributed by atoms with Crippen LogP contribution in [0.2, 0.25) is 0 Å². The molecule has 3 N–H and O–H groups in total. The first-order valence-electron chi connectivity index (χ1n) is 15.7. The molecule has 0 heterocycles. The molecule has 0 saturated carbocycles. The zero-order chi connectivity index (χ0) is 33.0. The first kappa shape index (κ1) is 36.3. The summed E-state index contributed by atoms with van der Waals surface area (Å²) in [5, 5.41) is 15.8. The number of nitrogens with one attached hydrogen (secondary N) is 2. The fraction of sp³-hybridized carbons (Fsp3) is 0.342. The molecule has 0 aliphatic rings. The minimum absolute atomic E-state index is 0.00542. The van der Waals surface area contributed by atoms with Gasteiger partial charge >= 0.3 is 5.97 Å². The molecule has 3 aromatic carbocycles. The number of rotatable bonds is 21. The molecular formula is C38H46N2O5S. The van der Waals surface area contributed by atoms with E-state index in [1.165, 1.54) is 0 Å². The number of carbonyl (C=O) groups is 3. The number of benzene rings is 3. The van der Waals surface area contributed by atoms with Crippen molar-refractivity contribution in [2.75, 3.05) is 19.0 Å². The van der Waals surface area contributed by atoms with E-state index in [-0.39, 0.29) is 43.3 Å². The first-order valence-corrected chi connectivity index (χ1v) is 16.9. The normalized spacial score (nSPS) is 13.4. The van der Waals surface area contributed by atoms with E-state index in [0.717, 1.165) is 22.4 Å². The van der Waals surface area contributed by atoms with Crippen molar-refractivity contribution in [1.29, 1.82) is 0 Å². The number of aliphatic hydroxyl groups is 1. The van der Waals surface area contributed by atoms with Crippen LogP contribution in [0.5, 0.6) is 0 Å². The Morgan fingerprint density at radius 2 is 1.28 bits per heavy atom. The fourth-order valence-electron chi connectivity index (χ4n) is 5.06. The van der Waals surface area contributed by atoms with Gasteiger partial charge in [-0.3, -0.25) is 14.4 Å². The molecule has 0 spiro atoms. The van der Waals surface area contributed by atoms with Gasteiger partial charge in [0.1, 0.15) is 6.61 Å². The highest BCUT2D eigenvalue weighted by Gasteiger charge is 2.26. The Morgan fingerprint density at radius 1 is 0.739 bits per heavy atom. The van der Waals surface area contributed by atoms with E-state index in [2.05, 4.69) is 23.8 Å². The standard InChI is InChI=1S/C38H46N2O5S/c1-3-14-32(24-36(42)39-34(25-41)23-30-18-10-6-11-19-30)37(43)40-35(28-46-27-31-20-12-7-13-21-31)26-45-38(44)33(15-4-2)22-29-16-8-5-9-17-29/h3-13,16-21,32-35,41H,1-2,14-15,22-28H2,(H,39,42)(H,40,43)/t32-,33+,34+,35-/m1/s1. The Bertz CT molecular complexity index is 1350. The lowest BCUT2D eigenvalue weighted by Crippen LogP contribution is -2.46.